The number of piperidine rings is 1. The minimum atomic E-state index is -1.22. The van der Waals surface area contributed by atoms with E-state index in [0.29, 0.717) is 18.4 Å². The van der Waals surface area contributed by atoms with Crippen LogP contribution in [0.25, 0.3) is 11.1 Å². The van der Waals surface area contributed by atoms with Gasteiger partial charge in [0.1, 0.15) is 6.04 Å². The Balaban J connectivity index is 1.96. The van der Waals surface area contributed by atoms with Gasteiger partial charge in [-0.15, -0.1) is 0 Å². The molecule has 1 saturated heterocycles. The van der Waals surface area contributed by atoms with Crippen molar-refractivity contribution in [2.75, 3.05) is 13.7 Å². The van der Waals surface area contributed by atoms with Gasteiger partial charge >= 0.3 is 5.97 Å². The molecule has 3 N–H and O–H groups in total. The number of nitrogens with one attached hydrogen (secondary N) is 3. The third-order valence-corrected chi connectivity index (χ3v) is 7.08. The second-order valence-electron chi connectivity index (χ2n) is 10.7. The van der Waals surface area contributed by atoms with Gasteiger partial charge in [0.15, 0.2) is 11.6 Å². The van der Waals surface area contributed by atoms with Gasteiger partial charge in [0.2, 0.25) is 11.8 Å². The first-order valence-electron chi connectivity index (χ1n) is 13.5. The molecule has 2 aromatic rings. The quantitative estimate of drug-likeness (QED) is 0.380. The SMILES string of the molecule is COC(=O)C[C@H](NC(=O)[C@H](CC(C)C)NC(=O)[C@H]1CCCCN1)c1cc(-c2c(C)cccc2C)cc(F)c1F. The monoisotopic (exact) mass is 543 g/mol. The summed E-state index contributed by atoms with van der Waals surface area (Å²) in [5.74, 6) is -3.76. The van der Waals surface area contributed by atoms with Crippen LogP contribution < -0.4 is 16.0 Å². The standard InChI is InChI=1S/C30H39F2N3O4/c1-17(2)13-25(35-29(37)23-11-6-7-12-33-23)30(38)34-24(16-26(36)39-5)21-14-20(15-22(31)28(21)32)27-18(3)9-8-10-19(27)4/h8-10,14-15,17,23-25,33H,6-7,11-13,16H2,1-5H3,(H,34,38)(H,35,37)/t23-,24+,25+/m1/s1. The molecule has 1 heterocycles. The number of benzene rings is 2. The van der Waals surface area contributed by atoms with Gasteiger partial charge < -0.3 is 20.7 Å². The first-order chi connectivity index (χ1) is 18.5. The number of rotatable bonds is 10. The molecule has 0 aromatic heterocycles. The maximum Gasteiger partial charge on any atom is 0.307 e. The molecule has 9 heteroatoms. The predicted octanol–water partition coefficient (Wildman–Crippen LogP) is 4.64. The van der Waals surface area contributed by atoms with Gasteiger partial charge in [0.05, 0.1) is 25.6 Å². The fourth-order valence-corrected chi connectivity index (χ4v) is 5.09. The first kappa shape index (κ1) is 30.2. The summed E-state index contributed by atoms with van der Waals surface area (Å²) in [6.07, 6.45) is 2.48. The van der Waals surface area contributed by atoms with Crippen LogP contribution in [-0.2, 0) is 19.1 Å². The highest BCUT2D eigenvalue weighted by Crippen LogP contribution is 2.33. The Hall–Kier alpha value is -3.33. The molecule has 1 aliphatic rings. The number of hydrogen-bond donors (Lipinski definition) is 3. The van der Waals surface area contributed by atoms with Crippen LogP contribution in [-0.4, -0.2) is 43.5 Å². The number of amides is 2. The molecule has 0 saturated carbocycles. The topological polar surface area (TPSA) is 96.5 Å². The highest BCUT2D eigenvalue weighted by atomic mass is 19.2. The summed E-state index contributed by atoms with van der Waals surface area (Å²) in [6.45, 7) is 8.30. The molecule has 3 atom stereocenters. The van der Waals surface area contributed by atoms with E-state index < -0.39 is 48.1 Å². The lowest BCUT2D eigenvalue weighted by Gasteiger charge is -2.28. The Morgan fingerprint density at radius 2 is 1.77 bits per heavy atom. The normalized spacial score (nSPS) is 16.9. The second-order valence-corrected chi connectivity index (χ2v) is 10.7. The van der Waals surface area contributed by atoms with Crippen LogP contribution in [0.2, 0.25) is 0 Å². The minimum Gasteiger partial charge on any atom is -0.469 e. The van der Waals surface area contributed by atoms with E-state index in [0.717, 1.165) is 42.1 Å². The van der Waals surface area contributed by atoms with Gasteiger partial charge in [-0.2, -0.15) is 0 Å². The minimum absolute atomic E-state index is 0.0564. The summed E-state index contributed by atoms with van der Waals surface area (Å²) < 4.78 is 35.0. The van der Waals surface area contributed by atoms with Crippen molar-refractivity contribution < 1.29 is 27.9 Å². The summed E-state index contributed by atoms with van der Waals surface area (Å²) in [5, 5.41) is 8.69. The average molecular weight is 544 g/mol. The zero-order chi connectivity index (χ0) is 28.7. The van der Waals surface area contributed by atoms with Crippen LogP contribution in [0, 0.1) is 31.4 Å². The van der Waals surface area contributed by atoms with E-state index in [1.165, 1.54) is 13.2 Å². The third-order valence-electron chi connectivity index (χ3n) is 7.08. The van der Waals surface area contributed by atoms with Crippen molar-refractivity contribution in [3.8, 4) is 11.1 Å². The summed E-state index contributed by atoms with van der Waals surface area (Å²) in [7, 11) is 1.18. The van der Waals surface area contributed by atoms with Crippen LogP contribution in [0.1, 0.15) is 68.7 Å². The van der Waals surface area contributed by atoms with E-state index in [1.807, 2.05) is 45.9 Å². The molecule has 212 valence electrons. The lowest BCUT2D eigenvalue weighted by atomic mass is 9.92. The molecule has 1 fully saturated rings. The number of esters is 1. The van der Waals surface area contributed by atoms with E-state index in [2.05, 4.69) is 16.0 Å². The van der Waals surface area contributed by atoms with Gasteiger partial charge in [0, 0.05) is 5.56 Å². The van der Waals surface area contributed by atoms with Crippen LogP contribution >= 0.6 is 0 Å². The fraction of sp³-hybridized carbons (Fsp3) is 0.500. The third kappa shape index (κ3) is 7.85. The number of methoxy groups -OCH3 is 1. The van der Waals surface area contributed by atoms with Crippen LogP contribution in [0.3, 0.4) is 0 Å². The zero-order valence-corrected chi connectivity index (χ0v) is 23.3. The Morgan fingerprint density at radius 3 is 2.36 bits per heavy atom. The maximum absolute atomic E-state index is 15.3. The summed E-state index contributed by atoms with van der Waals surface area (Å²) >= 11 is 0. The number of aryl methyl sites for hydroxylation is 2. The van der Waals surface area contributed by atoms with Crippen molar-refractivity contribution in [2.45, 2.75) is 77.9 Å². The molecule has 39 heavy (non-hydrogen) atoms. The predicted molar refractivity (Wildman–Crippen MR) is 146 cm³/mol. The highest BCUT2D eigenvalue weighted by Gasteiger charge is 2.31. The molecule has 0 unspecified atom stereocenters. The Bertz CT molecular complexity index is 1170. The van der Waals surface area contributed by atoms with E-state index in [1.54, 1.807) is 0 Å². The first-order valence-corrected chi connectivity index (χ1v) is 13.5. The van der Waals surface area contributed by atoms with E-state index in [-0.39, 0.29) is 17.4 Å². The lowest BCUT2D eigenvalue weighted by Crippen LogP contribution is -2.54. The summed E-state index contributed by atoms with van der Waals surface area (Å²) in [6, 6.07) is 5.66. The van der Waals surface area contributed by atoms with Crippen LogP contribution in [0.5, 0.6) is 0 Å². The smallest absolute Gasteiger partial charge is 0.307 e. The second kappa shape index (κ2) is 13.6. The number of hydrogen-bond acceptors (Lipinski definition) is 5. The van der Waals surface area contributed by atoms with Crippen molar-refractivity contribution >= 4 is 17.8 Å². The van der Waals surface area contributed by atoms with Gasteiger partial charge in [-0.3, -0.25) is 14.4 Å². The van der Waals surface area contributed by atoms with Crippen LogP contribution in [0.15, 0.2) is 30.3 Å². The molecule has 3 rings (SSSR count). The van der Waals surface area contributed by atoms with E-state index in [4.69, 9.17) is 4.74 Å². The number of carbonyl (C=O) groups is 3. The van der Waals surface area contributed by atoms with Gasteiger partial charge in [-0.05, 0) is 80.0 Å². The Labute approximate surface area is 229 Å². The lowest BCUT2D eigenvalue weighted by molar-refractivity contribution is -0.141. The van der Waals surface area contributed by atoms with E-state index >= 15 is 4.39 Å². The van der Waals surface area contributed by atoms with Crippen molar-refractivity contribution in [1.82, 2.24) is 16.0 Å². The molecule has 0 bridgehead atoms. The van der Waals surface area contributed by atoms with Crippen molar-refractivity contribution in [3.63, 3.8) is 0 Å². The number of halogens is 2. The van der Waals surface area contributed by atoms with Crippen molar-refractivity contribution in [3.05, 3.63) is 58.7 Å². The largest absolute Gasteiger partial charge is 0.469 e. The molecule has 1 aliphatic heterocycles. The molecule has 0 spiro atoms. The Morgan fingerprint density at radius 1 is 1.08 bits per heavy atom. The summed E-state index contributed by atoms with van der Waals surface area (Å²) in [5.41, 5.74) is 2.74. The molecule has 0 aliphatic carbocycles. The molecule has 7 nitrogen and oxygen atoms in total. The fourth-order valence-electron chi connectivity index (χ4n) is 5.09. The van der Waals surface area contributed by atoms with Gasteiger partial charge in [0.25, 0.3) is 0 Å². The Kier molecular flexibility index (Phi) is 10.6. The average Bonchev–Trinajstić information content (AvgIpc) is 2.89. The molecule has 2 amide bonds. The highest BCUT2D eigenvalue weighted by molar-refractivity contribution is 5.90. The van der Waals surface area contributed by atoms with E-state index in [9.17, 15) is 18.8 Å². The zero-order valence-electron chi connectivity index (χ0n) is 23.3. The number of ether oxygens (including phenoxy) is 1. The van der Waals surface area contributed by atoms with Crippen molar-refractivity contribution in [1.29, 1.82) is 0 Å². The summed E-state index contributed by atoms with van der Waals surface area (Å²) in [4.78, 5) is 38.7. The maximum atomic E-state index is 15.3. The van der Waals surface area contributed by atoms with Gasteiger partial charge in [-0.25, -0.2) is 8.78 Å². The van der Waals surface area contributed by atoms with Crippen molar-refractivity contribution in [2.24, 2.45) is 5.92 Å². The molecule has 0 radical (unpaired) electrons. The molecular weight excluding hydrogens is 504 g/mol. The van der Waals surface area contributed by atoms with Gasteiger partial charge in [-0.1, -0.05) is 38.5 Å². The molecular formula is C30H39F2N3O4. The molecule has 2 aromatic carbocycles. The number of carbonyl (C=O) groups excluding carboxylic acids is 3. The van der Waals surface area contributed by atoms with Crippen LogP contribution in [0.4, 0.5) is 8.78 Å².